The van der Waals surface area contributed by atoms with Crippen molar-refractivity contribution in [3.63, 3.8) is 0 Å². The Kier molecular flexibility index (Phi) is 7.97. The fourth-order valence-electron chi connectivity index (χ4n) is 5.40. The maximum absolute atomic E-state index is 15.1. The minimum atomic E-state index is -4.86. The van der Waals surface area contributed by atoms with Crippen LogP contribution in [0.5, 0.6) is 5.75 Å². The molecule has 0 atom stereocenters. The molecule has 0 saturated carbocycles. The molecule has 3 aromatic rings. The van der Waals surface area contributed by atoms with Gasteiger partial charge in [0.1, 0.15) is 11.4 Å². The summed E-state index contributed by atoms with van der Waals surface area (Å²) in [6.07, 6.45) is -2.48. The Balaban J connectivity index is 1.47. The number of nitrogens with one attached hydrogen (secondary N) is 1. The number of amides is 1. The standard InChI is InChI=1S/C29H31F5N6O2/c1-16(2)40-24-12-17(11-22(31)27(24)42-15-25(40)41)26-20(29(32,33)34)14-35-28(37-26)36-18-5-6-23(21(30)13-18)39-9-7-19(8-10-39)38(3)4/h5-6,11-14,16,19H,7-10,15H2,1-4H3,(H,35,36,37). The maximum atomic E-state index is 15.1. The molecule has 0 spiro atoms. The fourth-order valence-corrected chi connectivity index (χ4v) is 5.40. The van der Waals surface area contributed by atoms with Crippen molar-refractivity contribution < 1.29 is 31.5 Å². The number of ether oxygens (including phenoxy) is 1. The third-order valence-corrected chi connectivity index (χ3v) is 7.52. The molecule has 0 bridgehead atoms. The van der Waals surface area contributed by atoms with Crippen molar-refractivity contribution in [2.24, 2.45) is 0 Å². The van der Waals surface area contributed by atoms with E-state index >= 15 is 8.78 Å². The highest BCUT2D eigenvalue weighted by atomic mass is 19.4. The second-order valence-corrected chi connectivity index (χ2v) is 10.9. The summed E-state index contributed by atoms with van der Waals surface area (Å²) < 4.78 is 77.5. The van der Waals surface area contributed by atoms with Crippen LogP contribution >= 0.6 is 0 Å². The smallest absolute Gasteiger partial charge is 0.419 e. The van der Waals surface area contributed by atoms with E-state index in [1.165, 1.54) is 17.0 Å². The molecule has 8 nitrogen and oxygen atoms in total. The van der Waals surface area contributed by atoms with Gasteiger partial charge >= 0.3 is 6.18 Å². The van der Waals surface area contributed by atoms with E-state index in [9.17, 15) is 18.0 Å². The van der Waals surface area contributed by atoms with Crippen molar-refractivity contribution in [1.82, 2.24) is 14.9 Å². The second kappa shape index (κ2) is 11.3. The molecule has 5 rings (SSSR count). The van der Waals surface area contributed by atoms with E-state index in [-0.39, 0.29) is 35.2 Å². The monoisotopic (exact) mass is 590 g/mol. The summed E-state index contributed by atoms with van der Waals surface area (Å²) in [5.74, 6) is -2.36. The Hall–Kier alpha value is -4.00. The van der Waals surface area contributed by atoms with Gasteiger partial charge in [0.15, 0.2) is 18.2 Å². The molecule has 13 heteroatoms. The van der Waals surface area contributed by atoms with Gasteiger partial charge in [0, 0.05) is 42.6 Å². The van der Waals surface area contributed by atoms with E-state index in [4.69, 9.17) is 4.74 Å². The predicted octanol–water partition coefficient (Wildman–Crippen LogP) is 5.85. The summed E-state index contributed by atoms with van der Waals surface area (Å²) in [5.41, 5.74) is -1.37. The molecule has 3 heterocycles. The highest BCUT2D eigenvalue weighted by Crippen LogP contribution is 2.42. The Bertz CT molecular complexity index is 1490. The molecule has 1 amide bonds. The van der Waals surface area contributed by atoms with Crippen LogP contribution in [0, 0.1) is 11.6 Å². The van der Waals surface area contributed by atoms with Crippen LogP contribution in [0.2, 0.25) is 0 Å². The molecule has 42 heavy (non-hydrogen) atoms. The molecular formula is C29H31F5N6O2. The van der Waals surface area contributed by atoms with Gasteiger partial charge in [-0.05, 0) is 71.1 Å². The van der Waals surface area contributed by atoms with E-state index < -0.39 is 41.0 Å². The lowest BCUT2D eigenvalue weighted by Crippen LogP contribution is -2.43. The van der Waals surface area contributed by atoms with Gasteiger partial charge in [-0.2, -0.15) is 13.2 Å². The van der Waals surface area contributed by atoms with Crippen LogP contribution in [0.4, 0.5) is 45.0 Å². The summed E-state index contributed by atoms with van der Waals surface area (Å²) in [4.78, 5) is 25.7. The van der Waals surface area contributed by atoms with Crippen molar-refractivity contribution in [3.8, 4) is 17.0 Å². The molecule has 2 aliphatic rings. The molecule has 0 unspecified atom stereocenters. The van der Waals surface area contributed by atoms with Crippen molar-refractivity contribution in [2.45, 2.75) is 44.9 Å². The van der Waals surface area contributed by atoms with E-state index in [1.807, 2.05) is 19.0 Å². The Morgan fingerprint density at radius 1 is 1.05 bits per heavy atom. The summed E-state index contributed by atoms with van der Waals surface area (Å²) >= 11 is 0. The molecule has 1 fully saturated rings. The maximum Gasteiger partial charge on any atom is 0.419 e. The van der Waals surface area contributed by atoms with E-state index in [0.717, 1.165) is 18.9 Å². The molecule has 0 aliphatic carbocycles. The average molecular weight is 591 g/mol. The van der Waals surface area contributed by atoms with Gasteiger partial charge in [-0.15, -0.1) is 0 Å². The topological polar surface area (TPSA) is 73.8 Å². The first-order chi connectivity index (χ1) is 19.8. The van der Waals surface area contributed by atoms with E-state index in [2.05, 4.69) is 20.2 Å². The number of carbonyl (C=O) groups is 1. The van der Waals surface area contributed by atoms with Gasteiger partial charge in [-0.3, -0.25) is 4.79 Å². The number of alkyl halides is 3. The van der Waals surface area contributed by atoms with Gasteiger partial charge in [-0.25, -0.2) is 18.7 Å². The first-order valence-electron chi connectivity index (χ1n) is 13.5. The first-order valence-corrected chi connectivity index (χ1v) is 13.5. The molecule has 224 valence electrons. The zero-order valence-corrected chi connectivity index (χ0v) is 23.6. The second-order valence-electron chi connectivity index (χ2n) is 10.9. The Labute approximate surface area is 240 Å². The number of benzene rings is 2. The molecule has 2 aromatic carbocycles. The van der Waals surface area contributed by atoms with Crippen molar-refractivity contribution in [1.29, 1.82) is 0 Å². The van der Waals surface area contributed by atoms with Crippen LogP contribution in [0.3, 0.4) is 0 Å². The molecule has 1 saturated heterocycles. The van der Waals surface area contributed by atoms with Crippen molar-refractivity contribution >= 4 is 28.9 Å². The molecule has 0 radical (unpaired) electrons. The number of halogens is 5. The lowest BCUT2D eigenvalue weighted by molar-refractivity contribution is -0.137. The summed E-state index contributed by atoms with van der Waals surface area (Å²) in [6, 6.07) is 6.58. The third kappa shape index (κ3) is 5.83. The van der Waals surface area contributed by atoms with Gasteiger partial charge in [0.2, 0.25) is 5.95 Å². The number of carbonyl (C=O) groups excluding carboxylic acids is 1. The number of aromatic nitrogens is 2. The van der Waals surface area contributed by atoms with E-state index in [0.29, 0.717) is 31.0 Å². The number of hydrogen-bond donors (Lipinski definition) is 1. The summed E-state index contributed by atoms with van der Waals surface area (Å²) in [5, 5.41) is 2.76. The fraction of sp³-hybridized carbons (Fsp3) is 0.414. The number of piperidine rings is 1. The number of nitrogens with zero attached hydrogens (tertiary/aromatic N) is 5. The van der Waals surface area contributed by atoms with Gasteiger partial charge in [0.25, 0.3) is 5.91 Å². The van der Waals surface area contributed by atoms with Crippen LogP contribution in [0.1, 0.15) is 32.3 Å². The van der Waals surface area contributed by atoms with Gasteiger partial charge in [0.05, 0.1) is 17.1 Å². The Morgan fingerprint density at radius 3 is 2.38 bits per heavy atom. The van der Waals surface area contributed by atoms with Crippen LogP contribution in [-0.4, -0.2) is 66.7 Å². The number of fused-ring (bicyclic) bond motifs is 1. The largest absolute Gasteiger partial charge is 0.478 e. The molecular weight excluding hydrogens is 559 g/mol. The molecule has 2 aliphatic heterocycles. The van der Waals surface area contributed by atoms with Crippen molar-refractivity contribution in [3.05, 3.63) is 53.7 Å². The summed E-state index contributed by atoms with van der Waals surface area (Å²) in [7, 11) is 4.04. The lowest BCUT2D eigenvalue weighted by atomic mass is 10.0. The minimum absolute atomic E-state index is 0.00442. The first kappa shape index (κ1) is 29.5. The number of hydrogen-bond acceptors (Lipinski definition) is 7. The normalized spacial score (nSPS) is 16.2. The van der Waals surface area contributed by atoms with Crippen LogP contribution in [0.15, 0.2) is 36.5 Å². The SMILES string of the molecule is CC(C)N1C(=O)COc2c(F)cc(-c3nc(Nc4ccc(N5CCC(N(C)C)CC5)c(F)c4)ncc3C(F)(F)F)cc21. The number of rotatable bonds is 6. The van der Waals surface area contributed by atoms with Crippen LogP contribution in [-0.2, 0) is 11.0 Å². The average Bonchev–Trinajstić information content (AvgIpc) is 2.92. The zero-order valence-electron chi connectivity index (χ0n) is 23.6. The predicted molar refractivity (Wildman–Crippen MR) is 149 cm³/mol. The quantitative estimate of drug-likeness (QED) is 0.361. The van der Waals surface area contributed by atoms with Gasteiger partial charge < -0.3 is 24.8 Å². The van der Waals surface area contributed by atoms with E-state index in [1.54, 1.807) is 26.0 Å². The lowest BCUT2D eigenvalue weighted by Gasteiger charge is -2.36. The van der Waals surface area contributed by atoms with Crippen LogP contribution < -0.4 is 19.9 Å². The molecule has 1 aromatic heterocycles. The third-order valence-electron chi connectivity index (χ3n) is 7.52. The highest BCUT2D eigenvalue weighted by Gasteiger charge is 2.37. The zero-order chi connectivity index (χ0) is 30.3. The van der Waals surface area contributed by atoms with Gasteiger partial charge in [-0.1, -0.05) is 0 Å². The molecule has 1 N–H and O–H groups in total. The Morgan fingerprint density at radius 2 is 1.76 bits per heavy atom. The summed E-state index contributed by atoms with van der Waals surface area (Å²) in [6.45, 7) is 4.39. The van der Waals surface area contributed by atoms with Crippen LogP contribution in [0.25, 0.3) is 11.3 Å². The highest BCUT2D eigenvalue weighted by molar-refractivity contribution is 5.99. The number of anilines is 4. The minimum Gasteiger partial charge on any atom is -0.478 e. The van der Waals surface area contributed by atoms with Crippen molar-refractivity contribution in [2.75, 3.05) is 48.9 Å².